The SMILES string of the molecule is COc1ccc2c(Cc3nnn(CCCCC(=O)O)n3)cn(Cc3ccc(Cl)cc3Cl)c2c1. The zero-order valence-corrected chi connectivity index (χ0v) is 19.6. The highest BCUT2D eigenvalue weighted by atomic mass is 35.5. The minimum atomic E-state index is -0.796. The molecule has 4 aromatic rings. The van der Waals surface area contributed by atoms with Crippen LogP contribution in [0.1, 0.15) is 36.2 Å². The van der Waals surface area contributed by atoms with Crippen LogP contribution >= 0.6 is 23.2 Å². The molecule has 10 heteroatoms. The summed E-state index contributed by atoms with van der Waals surface area (Å²) >= 11 is 12.5. The molecule has 0 radical (unpaired) electrons. The smallest absolute Gasteiger partial charge is 0.303 e. The summed E-state index contributed by atoms with van der Waals surface area (Å²) in [6.07, 6.45) is 3.99. The summed E-state index contributed by atoms with van der Waals surface area (Å²) in [6.45, 7) is 1.11. The quantitative estimate of drug-likeness (QED) is 0.321. The van der Waals surface area contributed by atoms with Crippen molar-refractivity contribution in [1.29, 1.82) is 0 Å². The van der Waals surface area contributed by atoms with Crippen LogP contribution in [0.4, 0.5) is 0 Å². The van der Waals surface area contributed by atoms with E-state index in [4.69, 9.17) is 33.0 Å². The van der Waals surface area contributed by atoms with Crippen LogP contribution < -0.4 is 4.74 Å². The average molecular weight is 488 g/mol. The molecule has 0 aliphatic rings. The van der Waals surface area contributed by atoms with Gasteiger partial charge in [0.05, 0.1) is 19.2 Å². The molecule has 1 N–H and O–H groups in total. The fourth-order valence-corrected chi connectivity index (χ4v) is 4.19. The van der Waals surface area contributed by atoms with E-state index < -0.39 is 5.97 Å². The lowest BCUT2D eigenvalue weighted by atomic mass is 10.1. The number of methoxy groups -OCH3 is 1. The number of nitrogens with zero attached hydrogens (tertiary/aromatic N) is 5. The van der Waals surface area contributed by atoms with Gasteiger partial charge in [-0.2, -0.15) is 4.80 Å². The molecule has 0 spiro atoms. The van der Waals surface area contributed by atoms with Gasteiger partial charge in [0.2, 0.25) is 0 Å². The van der Waals surface area contributed by atoms with E-state index in [2.05, 4.69) is 26.2 Å². The van der Waals surface area contributed by atoms with E-state index in [9.17, 15) is 4.79 Å². The number of aliphatic carboxylic acids is 1. The van der Waals surface area contributed by atoms with Crippen LogP contribution in [0.25, 0.3) is 10.9 Å². The largest absolute Gasteiger partial charge is 0.497 e. The van der Waals surface area contributed by atoms with Gasteiger partial charge in [-0.05, 0) is 53.4 Å². The lowest BCUT2D eigenvalue weighted by Crippen LogP contribution is -2.04. The third kappa shape index (κ3) is 5.64. The molecule has 2 aromatic carbocycles. The minimum Gasteiger partial charge on any atom is -0.497 e. The number of carbonyl (C=O) groups is 1. The van der Waals surface area contributed by atoms with Crippen molar-refractivity contribution in [1.82, 2.24) is 24.8 Å². The molecule has 0 amide bonds. The van der Waals surface area contributed by atoms with Gasteiger partial charge in [0.1, 0.15) is 5.75 Å². The Morgan fingerprint density at radius 1 is 1.12 bits per heavy atom. The van der Waals surface area contributed by atoms with Gasteiger partial charge in [-0.15, -0.1) is 10.2 Å². The van der Waals surface area contributed by atoms with Crippen molar-refractivity contribution >= 4 is 40.1 Å². The number of rotatable bonds is 10. The molecular weight excluding hydrogens is 465 g/mol. The first-order valence-electron chi connectivity index (χ1n) is 10.5. The molecule has 0 saturated carbocycles. The molecule has 0 fully saturated rings. The molecule has 4 rings (SSSR count). The Bertz CT molecular complexity index is 1280. The van der Waals surface area contributed by atoms with Crippen molar-refractivity contribution in [2.24, 2.45) is 0 Å². The number of carboxylic acids is 1. The van der Waals surface area contributed by atoms with Crippen molar-refractivity contribution in [3.63, 3.8) is 0 Å². The third-order valence-electron chi connectivity index (χ3n) is 5.37. The molecule has 0 saturated heterocycles. The van der Waals surface area contributed by atoms with Crippen LogP contribution in [0.5, 0.6) is 5.75 Å². The maximum absolute atomic E-state index is 10.6. The van der Waals surface area contributed by atoms with Crippen LogP contribution in [-0.4, -0.2) is 43.0 Å². The first kappa shape index (κ1) is 23.1. The third-order valence-corrected chi connectivity index (χ3v) is 5.96. The number of hydrogen-bond donors (Lipinski definition) is 1. The normalized spacial score (nSPS) is 11.2. The molecule has 172 valence electrons. The van der Waals surface area contributed by atoms with Crippen LogP contribution in [0.15, 0.2) is 42.6 Å². The van der Waals surface area contributed by atoms with E-state index in [1.807, 2.05) is 30.3 Å². The zero-order valence-electron chi connectivity index (χ0n) is 18.0. The fourth-order valence-electron chi connectivity index (χ4n) is 3.72. The monoisotopic (exact) mass is 487 g/mol. The first-order valence-corrected chi connectivity index (χ1v) is 11.3. The summed E-state index contributed by atoms with van der Waals surface area (Å²) in [5, 5.41) is 23.8. The number of unbranched alkanes of at least 4 members (excludes halogenated alkanes) is 1. The van der Waals surface area contributed by atoms with Crippen LogP contribution in [0, 0.1) is 0 Å². The summed E-state index contributed by atoms with van der Waals surface area (Å²) in [7, 11) is 1.64. The number of benzene rings is 2. The number of tetrazole rings is 1. The Labute approximate surface area is 200 Å². The number of aromatic nitrogens is 5. The molecule has 0 atom stereocenters. The van der Waals surface area contributed by atoms with Gasteiger partial charge in [-0.3, -0.25) is 4.79 Å². The lowest BCUT2D eigenvalue weighted by molar-refractivity contribution is -0.137. The minimum absolute atomic E-state index is 0.141. The second-order valence-electron chi connectivity index (χ2n) is 7.73. The number of ether oxygens (including phenoxy) is 1. The predicted octanol–water partition coefficient (Wildman–Crippen LogP) is 4.84. The molecule has 0 unspecified atom stereocenters. The summed E-state index contributed by atoms with van der Waals surface area (Å²) in [6, 6.07) is 11.4. The highest BCUT2D eigenvalue weighted by Gasteiger charge is 2.14. The first-order chi connectivity index (χ1) is 15.9. The molecular formula is C23H23Cl2N5O3. The van der Waals surface area contributed by atoms with Gasteiger partial charge in [0, 0.05) is 47.1 Å². The zero-order chi connectivity index (χ0) is 23.4. The van der Waals surface area contributed by atoms with E-state index in [1.165, 1.54) is 4.80 Å². The second kappa shape index (κ2) is 10.2. The molecule has 2 aromatic heterocycles. The predicted molar refractivity (Wildman–Crippen MR) is 126 cm³/mol. The van der Waals surface area contributed by atoms with Crippen LogP contribution in [0.3, 0.4) is 0 Å². The van der Waals surface area contributed by atoms with Gasteiger partial charge in [0.15, 0.2) is 5.82 Å². The van der Waals surface area contributed by atoms with Gasteiger partial charge in [0.25, 0.3) is 0 Å². The lowest BCUT2D eigenvalue weighted by Gasteiger charge is -2.09. The van der Waals surface area contributed by atoms with E-state index in [1.54, 1.807) is 13.2 Å². The van der Waals surface area contributed by atoms with Crippen LogP contribution in [0.2, 0.25) is 10.0 Å². The van der Waals surface area contributed by atoms with E-state index in [0.717, 1.165) is 27.8 Å². The highest BCUT2D eigenvalue weighted by molar-refractivity contribution is 6.35. The topological polar surface area (TPSA) is 95.1 Å². The number of hydrogen-bond acceptors (Lipinski definition) is 5. The molecule has 8 nitrogen and oxygen atoms in total. The molecule has 2 heterocycles. The van der Waals surface area contributed by atoms with Crippen molar-refractivity contribution < 1.29 is 14.6 Å². The molecule has 0 aliphatic heterocycles. The Kier molecular flexibility index (Phi) is 7.15. The van der Waals surface area contributed by atoms with Gasteiger partial charge < -0.3 is 14.4 Å². The summed E-state index contributed by atoms with van der Waals surface area (Å²) in [5.74, 6) is 0.573. The Hall–Kier alpha value is -3.10. The number of halogens is 2. The molecule has 33 heavy (non-hydrogen) atoms. The van der Waals surface area contributed by atoms with Crippen molar-refractivity contribution in [2.45, 2.75) is 38.8 Å². The van der Waals surface area contributed by atoms with Crippen molar-refractivity contribution in [2.75, 3.05) is 7.11 Å². The molecule has 0 aliphatic carbocycles. The second-order valence-corrected chi connectivity index (χ2v) is 8.57. The van der Waals surface area contributed by atoms with E-state index >= 15 is 0 Å². The molecule has 0 bridgehead atoms. The van der Waals surface area contributed by atoms with Gasteiger partial charge in [-0.25, -0.2) is 0 Å². The summed E-state index contributed by atoms with van der Waals surface area (Å²) in [4.78, 5) is 12.2. The standard InChI is InChI=1S/C23H23Cl2N5O3/c1-33-18-7-8-19-16(10-22-26-28-30(27-22)9-3-2-4-23(31)32)14-29(21(19)12-18)13-15-5-6-17(24)11-20(15)25/h5-8,11-12,14H,2-4,9-10,13H2,1H3,(H,31,32). The Morgan fingerprint density at radius 2 is 1.97 bits per heavy atom. The van der Waals surface area contributed by atoms with Gasteiger partial charge in [-0.1, -0.05) is 29.3 Å². The highest BCUT2D eigenvalue weighted by Crippen LogP contribution is 2.29. The maximum Gasteiger partial charge on any atom is 0.303 e. The maximum atomic E-state index is 10.6. The van der Waals surface area contributed by atoms with E-state index in [0.29, 0.717) is 48.2 Å². The number of carboxylic acid groups (broad SMARTS) is 1. The number of aryl methyl sites for hydroxylation is 1. The van der Waals surface area contributed by atoms with Crippen LogP contribution in [-0.2, 0) is 24.3 Å². The Balaban J connectivity index is 1.57. The fraction of sp³-hybridized carbons (Fsp3) is 0.304. The summed E-state index contributed by atoms with van der Waals surface area (Å²) < 4.78 is 7.55. The summed E-state index contributed by atoms with van der Waals surface area (Å²) in [5.41, 5.74) is 3.03. The van der Waals surface area contributed by atoms with Crippen molar-refractivity contribution in [3.8, 4) is 5.75 Å². The average Bonchev–Trinajstić information content (AvgIpc) is 3.37. The Morgan fingerprint density at radius 3 is 2.73 bits per heavy atom. The number of fused-ring (bicyclic) bond motifs is 1. The van der Waals surface area contributed by atoms with E-state index in [-0.39, 0.29) is 6.42 Å². The van der Waals surface area contributed by atoms with Gasteiger partial charge >= 0.3 is 5.97 Å². The van der Waals surface area contributed by atoms with Crippen molar-refractivity contribution in [3.05, 3.63) is 69.6 Å².